The van der Waals surface area contributed by atoms with Gasteiger partial charge in [-0.3, -0.25) is 9.59 Å². The lowest BCUT2D eigenvalue weighted by Crippen LogP contribution is -2.39. The molecular formula is C26H28N2O3. The zero-order chi connectivity index (χ0) is 21.8. The highest BCUT2D eigenvalue weighted by atomic mass is 16.5. The standard InChI is InChI=1S/C26H28N2O3/c1-4-10-27-24(30)13-16-5-8-21-20(12-16)26(2,3)25-19-14-17-6-7-18(29)15-23(17)31-22(19)9-11-28(21)25/h5-8,12,14-15,22H,4,9-11,13H2,1-3H3,(H,27,30). The average molecular weight is 417 g/mol. The van der Waals surface area contributed by atoms with Crippen molar-refractivity contribution in [1.29, 1.82) is 0 Å². The first-order chi connectivity index (χ1) is 14.9. The lowest BCUT2D eigenvalue weighted by Gasteiger charge is -2.40. The van der Waals surface area contributed by atoms with E-state index in [4.69, 9.17) is 4.74 Å². The van der Waals surface area contributed by atoms with Gasteiger partial charge in [-0.2, -0.15) is 0 Å². The van der Waals surface area contributed by atoms with Crippen LogP contribution in [0.1, 0.15) is 44.7 Å². The molecule has 5 heteroatoms. The van der Waals surface area contributed by atoms with Gasteiger partial charge in [-0.15, -0.1) is 0 Å². The van der Waals surface area contributed by atoms with Crippen LogP contribution in [0.15, 0.2) is 65.1 Å². The fourth-order valence-electron chi connectivity index (χ4n) is 5.17. The molecule has 5 nitrogen and oxygen atoms in total. The number of ketones is 1. The fourth-order valence-corrected chi connectivity index (χ4v) is 5.17. The van der Waals surface area contributed by atoms with Crippen LogP contribution in [0.4, 0.5) is 5.69 Å². The minimum atomic E-state index is -0.199. The van der Waals surface area contributed by atoms with Crippen LogP contribution in [0.25, 0.3) is 0 Å². The molecule has 1 unspecified atom stereocenters. The predicted molar refractivity (Wildman–Crippen MR) is 121 cm³/mol. The number of fused-ring (bicyclic) bond motifs is 5. The number of ether oxygens (including phenoxy) is 1. The summed E-state index contributed by atoms with van der Waals surface area (Å²) < 4.78 is 6.26. The summed E-state index contributed by atoms with van der Waals surface area (Å²) in [4.78, 5) is 26.4. The van der Waals surface area contributed by atoms with Gasteiger partial charge >= 0.3 is 0 Å². The number of hydrogen-bond acceptors (Lipinski definition) is 4. The molecule has 1 amide bonds. The molecule has 0 radical (unpaired) electrons. The number of allylic oxidation sites excluding steroid dienone is 4. The molecule has 0 saturated carbocycles. The molecule has 1 aliphatic carbocycles. The van der Waals surface area contributed by atoms with E-state index < -0.39 is 0 Å². The van der Waals surface area contributed by atoms with Gasteiger partial charge in [-0.05, 0) is 41.8 Å². The monoisotopic (exact) mass is 416 g/mol. The summed E-state index contributed by atoms with van der Waals surface area (Å²) in [6, 6.07) is 6.43. The van der Waals surface area contributed by atoms with E-state index in [0.717, 1.165) is 30.5 Å². The molecule has 1 aromatic rings. The number of anilines is 1. The van der Waals surface area contributed by atoms with E-state index in [1.54, 1.807) is 12.2 Å². The van der Waals surface area contributed by atoms with Crippen LogP contribution >= 0.6 is 0 Å². The number of nitrogens with one attached hydrogen (secondary N) is 1. The van der Waals surface area contributed by atoms with Crippen molar-refractivity contribution >= 4 is 17.4 Å². The first kappa shape index (κ1) is 19.9. The summed E-state index contributed by atoms with van der Waals surface area (Å²) in [6.07, 6.45) is 9.40. The summed E-state index contributed by atoms with van der Waals surface area (Å²) in [6.45, 7) is 8.14. The Morgan fingerprint density at radius 3 is 2.90 bits per heavy atom. The molecule has 0 aromatic heterocycles. The summed E-state index contributed by atoms with van der Waals surface area (Å²) >= 11 is 0. The maximum atomic E-state index is 12.2. The molecule has 4 aliphatic rings. The highest BCUT2D eigenvalue weighted by Crippen LogP contribution is 2.53. The Morgan fingerprint density at radius 1 is 1.26 bits per heavy atom. The molecule has 160 valence electrons. The molecule has 5 rings (SSSR count). The number of amides is 1. The zero-order valence-electron chi connectivity index (χ0n) is 18.3. The van der Waals surface area contributed by atoms with Crippen LogP contribution in [0.3, 0.4) is 0 Å². The third-order valence-electron chi connectivity index (χ3n) is 6.62. The number of hydrogen-bond donors (Lipinski definition) is 1. The maximum absolute atomic E-state index is 12.2. The Morgan fingerprint density at radius 2 is 2.10 bits per heavy atom. The van der Waals surface area contributed by atoms with Gasteiger partial charge in [-0.1, -0.05) is 32.9 Å². The van der Waals surface area contributed by atoms with Crippen molar-refractivity contribution in [2.45, 2.75) is 51.6 Å². The normalized spacial score (nSPS) is 22.6. The van der Waals surface area contributed by atoms with Crippen molar-refractivity contribution in [3.05, 3.63) is 76.2 Å². The second-order valence-electron chi connectivity index (χ2n) is 9.20. The molecule has 0 fully saturated rings. The smallest absolute Gasteiger partial charge is 0.224 e. The van der Waals surface area contributed by atoms with Crippen LogP contribution in [0, 0.1) is 0 Å². The number of nitrogens with zero attached hydrogens (tertiary/aromatic N) is 1. The van der Waals surface area contributed by atoms with Gasteiger partial charge in [0.15, 0.2) is 5.78 Å². The zero-order valence-corrected chi connectivity index (χ0v) is 18.3. The van der Waals surface area contributed by atoms with Crippen LogP contribution in [-0.4, -0.2) is 30.9 Å². The van der Waals surface area contributed by atoms with Crippen molar-refractivity contribution in [3.8, 4) is 0 Å². The van der Waals surface area contributed by atoms with Gasteiger partial charge < -0.3 is 15.0 Å². The topological polar surface area (TPSA) is 58.6 Å². The summed E-state index contributed by atoms with van der Waals surface area (Å²) in [5.41, 5.74) is 6.74. The quantitative estimate of drug-likeness (QED) is 0.810. The number of rotatable bonds is 4. The SMILES string of the molecule is CCCNC(=O)Cc1ccc2c(c1)C(C)(C)C1=C3C=C4C=CC(=O)C=C4OC3CCN12. The van der Waals surface area contributed by atoms with E-state index in [2.05, 4.69) is 55.3 Å². The molecule has 1 N–H and O–H groups in total. The van der Waals surface area contributed by atoms with Crippen molar-refractivity contribution in [2.75, 3.05) is 18.0 Å². The Hall–Kier alpha value is -3.08. The van der Waals surface area contributed by atoms with Crippen LogP contribution in [-0.2, 0) is 26.2 Å². The molecule has 31 heavy (non-hydrogen) atoms. The highest BCUT2D eigenvalue weighted by molar-refractivity contribution is 6.02. The minimum absolute atomic E-state index is 0.0233. The van der Waals surface area contributed by atoms with Crippen LogP contribution in [0.5, 0.6) is 0 Å². The molecule has 1 atom stereocenters. The Bertz CT molecular complexity index is 1100. The molecule has 3 aliphatic heterocycles. The van der Waals surface area contributed by atoms with E-state index in [1.807, 2.05) is 6.08 Å². The van der Waals surface area contributed by atoms with Crippen molar-refractivity contribution in [2.24, 2.45) is 0 Å². The maximum Gasteiger partial charge on any atom is 0.224 e. The summed E-state index contributed by atoms with van der Waals surface area (Å²) in [7, 11) is 0. The molecule has 3 heterocycles. The lowest BCUT2D eigenvalue weighted by atomic mass is 9.78. The Labute approximate surface area is 183 Å². The van der Waals surface area contributed by atoms with E-state index >= 15 is 0 Å². The number of carbonyl (C=O) groups is 2. The second-order valence-corrected chi connectivity index (χ2v) is 9.20. The molecule has 1 aromatic carbocycles. The van der Waals surface area contributed by atoms with E-state index in [9.17, 15) is 9.59 Å². The van der Waals surface area contributed by atoms with E-state index in [1.165, 1.54) is 22.5 Å². The minimum Gasteiger partial charge on any atom is -0.485 e. The first-order valence-corrected chi connectivity index (χ1v) is 11.1. The molecule has 0 bridgehead atoms. The lowest BCUT2D eigenvalue weighted by molar-refractivity contribution is -0.120. The average Bonchev–Trinajstić information content (AvgIpc) is 2.97. The second kappa shape index (κ2) is 7.26. The molecule has 0 spiro atoms. The number of carbonyl (C=O) groups excluding carboxylic acids is 2. The largest absolute Gasteiger partial charge is 0.485 e. The van der Waals surface area contributed by atoms with Gasteiger partial charge in [-0.25, -0.2) is 0 Å². The third-order valence-corrected chi connectivity index (χ3v) is 6.62. The van der Waals surface area contributed by atoms with Gasteiger partial charge in [0.25, 0.3) is 0 Å². The Balaban J connectivity index is 1.54. The number of benzene rings is 1. The van der Waals surface area contributed by atoms with Gasteiger partial charge in [0.2, 0.25) is 5.91 Å². The fraction of sp³-hybridized carbons (Fsp3) is 0.385. The first-order valence-electron chi connectivity index (χ1n) is 11.1. The van der Waals surface area contributed by atoms with Gasteiger partial charge in [0.05, 0.1) is 6.42 Å². The molecular weight excluding hydrogens is 388 g/mol. The van der Waals surface area contributed by atoms with E-state index in [0.29, 0.717) is 18.7 Å². The summed E-state index contributed by atoms with van der Waals surface area (Å²) in [5.74, 6) is 0.731. The third kappa shape index (κ3) is 3.23. The van der Waals surface area contributed by atoms with Gasteiger partial charge in [0, 0.05) is 53.5 Å². The summed E-state index contributed by atoms with van der Waals surface area (Å²) in [5, 5.41) is 2.97. The van der Waals surface area contributed by atoms with E-state index in [-0.39, 0.29) is 23.2 Å². The molecule has 0 saturated heterocycles. The van der Waals surface area contributed by atoms with Crippen LogP contribution < -0.4 is 10.2 Å². The van der Waals surface area contributed by atoms with Crippen LogP contribution in [0.2, 0.25) is 0 Å². The highest BCUT2D eigenvalue weighted by Gasteiger charge is 2.46. The van der Waals surface area contributed by atoms with Crippen molar-refractivity contribution < 1.29 is 14.3 Å². The van der Waals surface area contributed by atoms with Crippen molar-refractivity contribution in [1.82, 2.24) is 5.32 Å². The van der Waals surface area contributed by atoms with Gasteiger partial charge in [0.1, 0.15) is 11.9 Å². The van der Waals surface area contributed by atoms with Crippen molar-refractivity contribution in [3.63, 3.8) is 0 Å². The predicted octanol–water partition coefficient (Wildman–Crippen LogP) is 3.86. The Kier molecular flexibility index (Phi) is 4.65.